The van der Waals surface area contributed by atoms with Crippen molar-refractivity contribution < 1.29 is 14.3 Å². The third kappa shape index (κ3) is 2.15. The lowest BCUT2D eigenvalue weighted by molar-refractivity contribution is -0.134. The summed E-state index contributed by atoms with van der Waals surface area (Å²) >= 11 is 0. The Morgan fingerprint density at radius 2 is 1.95 bits per heavy atom. The molecule has 0 saturated heterocycles. The molecule has 2 heterocycles. The normalized spacial score (nSPS) is 21.3. The Morgan fingerprint density at radius 3 is 2.63 bits per heavy atom. The standard InChI is InChI=1S/C15H19NO3/c1-3-4-10-5-11-6-13-14(19-9-18-13)7-12(11)8-16(2)15(10)17/h6-7,10H,3-5,8-9H2,1-2H3. The van der Waals surface area contributed by atoms with Crippen molar-refractivity contribution in [2.75, 3.05) is 13.8 Å². The maximum Gasteiger partial charge on any atom is 0.231 e. The molecular formula is C15H19NO3. The molecule has 1 unspecified atom stereocenters. The summed E-state index contributed by atoms with van der Waals surface area (Å²) in [6.07, 6.45) is 2.78. The van der Waals surface area contributed by atoms with Crippen LogP contribution in [0.3, 0.4) is 0 Å². The van der Waals surface area contributed by atoms with Crippen LogP contribution in [0.5, 0.6) is 11.5 Å². The summed E-state index contributed by atoms with van der Waals surface area (Å²) in [4.78, 5) is 14.1. The molecule has 0 saturated carbocycles. The van der Waals surface area contributed by atoms with E-state index in [1.54, 1.807) is 0 Å². The lowest BCUT2D eigenvalue weighted by Crippen LogP contribution is -2.31. The number of ether oxygens (including phenoxy) is 2. The lowest BCUT2D eigenvalue weighted by Gasteiger charge is -2.19. The van der Waals surface area contributed by atoms with Crippen LogP contribution < -0.4 is 9.47 Å². The van der Waals surface area contributed by atoms with Gasteiger partial charge in [0.15, 0.2) is 11.5 Å². The maximum atomic E-state index is 12.3. The molecule has 2 aliphatic heterocycles. The van der Waals surface area contributed by atoms with Crippen molar-refractivity contribution >= 4 is 5.91 Å². The highest BCUT2D eigenvalue weighted by Gasteiger charge is 2.28. The minimum atomic E-state index is 0.0941. The van der Waals surface area contributed by atoms with Gasteiger partial charge in [-0.15, -0.1) is 0 Å². The first kappa shape index (κ1) is 12.3. The quantitative estimate of drug-likeness (QED) is 0.820. The molecule has 1 aromatic rings. The molecule has 0 N–H and O–H groups in total. The van der Waals surface area contributed by atoms with E-state index in [2.05, 4.69) is 6.92 Å². The van der Waals surface area contributed by atoms with E-state index in [1.807, 2.05) is 24.1 Å². The van der Waals surface area contributed by atoms with E-state index < -0.39 is 0 Å². The van der Waals surface area contributed by atoms with Crippen molar-refractivity contribution in [3.8, 4) is 11.5 Å². The van der Waals surface area contributed by atoms with Crippen LogP contribution in [0.4, 0.5) is 0 Å². The Balaban J connectivity index is 1.98. The van der Waals surface area contributed by atoms with Gasteiger partial charge in [0, 0.05) is 19.5 Å². The number of carbonyl (C=O) groups excluding carboxylic acids is 1. The van der Waals surface area contributed by atoms with E-state index >= 15 is 0 Å². The first-order valence-electron chi connectivity index (χ1n) is 6.85. The SMILES string of the molecule is CCCC1Cc2cc3c(cc2CN(C)C1=O)OCO3. The summed E-state index contributed by atoms with van der Waals surface area (Å²) in [7, 11) is 1.88. The van der Waals surface area contributed by atoms with Gasteiger partial charge in [0.1, 0.15) is 0 Å². The predicted molar refractivity (Wildman–Crippen MR) is 71.1 cm³/mol. The molecule has 19 heavy (non-hydrogen) atoms. The number of hydrogen-bond donors (Lipinski definition) is 0. The van der Waals surface area contributed by atoms with Gasteiger partial charge in [-0.3, -0.25) is 4.79 Å². The average Bonchev–Trinajstić information content (AvgIpc) is 2.80. The molecule has 1 amide bonds. The van der Waals surface area contributed by atoms with E-state index in [0.29, 0.717) is 13.3 Å². The number of hydrogen-bond acceptors (Lipinski definition) is 3. The van der Waals surface area contributed by atoms with Gasteiger partial charge in [0.05, 0.1) is 0 Å². The molecular weight excluding hydrogens is 242 g/mol. The van der Waals surface area contributed by atoms with Gasteiger partial charge in [0.2, 0.25) is 12.7 Å². The smallest absolute Gasteiger partial charge is 0.231 e. The van der Waals surface area contributed by atoms with E-state index in [0.717, 1.165) is 30.8 Å². The van der Waals surface area contributed by atoms with Crippen molar-refractivity contribution in [2.24, 2.45) is 5.92 Å². The molecule has 4 nitrogen and oxygen atoms in total. The first-order valence-corrected chi connectivity index (χ1v) is 6.85. The van der Waals surface area contributed by atoms with Gasteiger partial charge in [-0.25, -0.2) is 0 Å². The Hall–Kier alpha value is -1.71. The summed E-state index contributed by atoms with van der Waals surface area (Å²) in [5.41, 5.74) is 2.40. The first-order chi connectivity index (χ1) is 9.19. The van der Waals surface area contributed by atoms with Crippen LogP contribution in [0.15, 0.2) is 12.1 Å². The molecule has 1 aromatic carbocycles. The third-order valence-corrected chi connectivity index (χ3v) is 3.93. The van der Waals surface area contributed by atoms with Crippen LogP contribution in [0.1, 0.15) is 30.9 Å². The zero-order chi connectivity index (χ0) is 13.4. The minimum absolute atomic E-state index is 0.0941. The summed E-state index contributed by atoms with van der Waals surface area (Å²) in [6, 6.07) is 4.07. The van der Waals surface area contributed by atoms with Crippen LogP contribution in [0, 0.1) is 5.92 Å². The largest absolute Gasteiger partial charge is 0.454 e. The summed E-state index contributed by atoms with van der Waals surface area (Å²) < 4.78 is 10.8. The van der Waals surface area contributed by atoms with Crippen molar-refractivity contribution in [3.05, 3.63) is 23.3 Å². The van der Waals surface area contributed by atoms with Crippen molar-refractivity contribution in [1.82, 2.24) is 4.90 Å². The lowest BCUT2D eigenvalue weighted by atomic mass is 9.93. The molecule has 0 bridgehead atoms. The summed E-state index contributed by atoms with van der Waals surface area (Å²) in [5.74, 6) is 1.95. The molecule has 102 valence electrons. The van der Waals surface area contributed by atoms with Crippen LogP contribution in [-0.2, 0) is 17.8 Å². The molecule has 0 fully saturated rings. The van der Waals surface area contributed by atoms with Gasteiger partial charge < -0.3 is 14.4 Å². The molecule has 0 radical (unpaired) electrons. The highest BCUT2D eigenvalue weighted by Crippen LogP contribution is 2.37. The zero-order valence-corrected chi connectivity index (χ0v) is 11.4. The molecule has 3 rings (SSSR count). The van der Waals surface area contributed by atoms with E-state index in [4.69, 9.17) is 9.47 Å². The monoisotopic (exact) mass is 261 g/mol. The van der Waals surface area contributed by atoms with Crippen molar-refractivity contribution in [2.45, 2.75) is 32.7 Å². The van der Waals surface area contributed by atoms with Crippen LogP contribution in [0.25, 0.3) is 0 Å². The van der Waals surface area contributed by atoms with Crippen molar-refractivity contribution in [1.29, 1.82) is 0 Å². The number of rotatable bonds is 2. The number of benzene rings is 1. The zero-order valence-electron chi connectivity index (χ0n) is 11.4. The fourth-order valence-corrected chi connectivity index (χ4v) is 2.94. The molecule has 0 aromatic heterocycles. The second kappa shape index (κ2) is 4.76. The molecule has 0 aliphatic carbocycles. The maximum absolute atomic E-state index is 12.3. The molecule has 0 spiro atoms. The highest BCUT2D eigenvalue weighted by atomic mass is 16.7. The van der Waals surface area contributed by atoms with Gasteiger partial charge in [-0.1, -0.05) is 13.3 Å². The predicted octanol–water partition coefficient (Wildman–Crippen LogP) is 2.35. The van der Waals surface area contributed by atoms with Crippen LogP contribution in [0.2, 0.25) is 0 Å². The van der Waals surface area contributed by atoms with Crippen LogP contribution in [-0.4, -0.2) is 24.6 Å². The number of amides is 1. The molecule has 2 aliphatic rings. The Morgan fingerprint density at radius 1 is 1.26 bits per heavy atom. The average molecular weight is 261 g/mol. The summed E-state index contributed by atoms with van der Waals surface area (Å²) in [6.45, 7) is 3.08. The molecule has 1 atom stereocenters. The van der Waals surface area contributed by atoms with Gasteiger partial charge >= 0.3 is 0 Å². The fraction of sp³-hybridized carbons (Fsp3) is 0.533. The fourth-order valence-electron chi connectivity index (χ4n) is 2.94. The van der Waals surface area contributed by atoms with Gasteiger partial charge in [0.25, 0.3) is 0 Å². The summed E-state index contributed by atoms with van der Waals surface area (Å²) in [5, 5.41) is 0. The Bertz CT molecular complexity index is 512. The van der Waals surface area contributed by atoms with Gasteiger partial charge in [-0.05, 0) is 36.1 Å². The second-order valence-electron chi connectivity index (χ2n) is 5.36. The van der Waals surface area contributed by atoms with Gasteiger partial charge in [-0.2, -0.15) is 0 Å². The topological polar surface area (TPSA) is 38.8 Å². The number of carbonyl (C=O) groups is 1. The molecule has 4 heteroatoms. The van der Waals surface area contributed by atoms with E-state index in [-0.39, 0.29) is 11.8 Å². The highest BCUT2D eigenvalue weighted by molar-refractivity contribution is 5.79. The van der Waals surface area contributed by atoms with E-state index in [9.17, 15) is 4.79 Å². The Labute approximate surface area is 113 Å². The third-order valence-electron chi connectivity index (χ3n) is 3.93. The minimum Gasteiger partial charge on any atom is -0.454 e. The number of nitrogens with zero attached hydrogens (tertiary/aromatic N) is 1. The van der Waals surface area contributed by atoms with Crippen LogP contribution >= 0.6 is 0 Å². The Kier molecular flexibility index (Phi) is 3.09. The number of fused-ring (bicyclic) bond motifs is 2. The van der Waals surface area contributed by atoms with E-state index in [1.165, 1.54) is 11.1 Å². The second-order valence-corrected chi connectivity index (χ2v) is 5.36. The van der Waals surface area contributed by atoms with Crippen molar-refractivity contribution in [3.63, 3.8) is 0 Å².